The van der Waals surface area contributed by atoms with E-state index in [4.69, 9.17) is 0 Å². The molecule has 0 saturated carbocycles. The molecule has 1 aromatic heterocycles. The molecular weight excluding hydrogens is 276 g/mol. The van der Waals surface area contributed by atoms with E-state index in [1.165, 1.54) is 11.9 Å². The molecular formula is C17H20N4O. The molecule has 5 heteroatoms. The summed E-state index contributed by atoms with van der Waals surface area (Å²) in [7, 11) is 0. The van der Waals surface area contributed by atoms with Gasteiger partial charge < -0.3 is 10.2 Å². The first-order valence-electron chi connectivity index (χ1n) is 7.67. The fourth-order valence-electron chi connectivity index (χ4n) is 2.60. The number of nitrogens with one attached hydrogen (secondary N) is 1. The van der Waals surface area contributed by atoms with Crippen LogP contribution in [0, 0.1) is 0 Å². The maximum atomic E-state index is 12.7. The van der Waals surface area contributed by atoms with Gasteiger partial charge in [-0.25, -0.2) is 9.97 Å². The zero-order chi connectivity index (χ0) is 15.5. The lowest BCUT2D eigenvalue weighted by Crippen LogP contribution is -2.30. The lowest BCUT2D eigenvalue weighted by atomic mass is 10.2. The van der Waals surface area contributed by atoms with Gasteiger partial charge in [-0.1, -0.05) is 25.1 Å². The van der Waals surface area contributed by atoms with Gasteiger partial charge in [0.1, 0.15) is 17.8 Å². The third kappa shape index (κ3) is 2.79. The van der Waals surface area contributed by atoms with Gasteiger partial charge in [0.25, 0.3) is 5.91 Å². The fraction of sp³-hybridized carbons (Fsp3) is 0.353. The quantitative estimate of drug-likeness (QED) is 0.942. The van der Waals surface area contributed by atoms with Gasteiger partial charge in [0.05, 0.1) is 0 Å². The molecule has 1 N–H and O–H groups in total. The summed E-state index contributed by atoms with van der Waals surface area (Å²) in [5.74, 6) is 0.625. The Kier molecular flexibility index (Phi) is 4.04. The number of fused-ring (bicyclic) bond motifs is 1. The third-order valence-corrected chi connectivity index (χ3v) is 4.03. The van der Waals surface area contributed by atoms with E-state index < -0.39 is 0 Å². The zero-order valence-electron chi connectivity index (χ0n) is 12.9. The number of aromatic nitrogens is 2. The van der Waals surface area contributed by atoms with Gasteiger partial charge in [0, 0.05) is 24.3 Å². The van der Waals surface area contributed by atoms with Crippen molar-refractivity contribution >= 4 is 17.4 Å². The van der Waals surface area contributed by atoms with Crippen LogP contribution in [0.25, 0.3) is 0 Å². The first-order valence-corrected chi connectivity index (χ1v) is 7.67. The first kappa shape index (κ1) is 14.5. The number of benzene rings is 1. The molecule has 0 saturated heterocycles. The van der Waals surface area contributed by atoms with E-state index in [1.54, 1.807) is 11.0 Å². The summed E-state index contributed by atoms with van der Waals surface area (Å²) in [6.07, 6.45) is 3.33. The molecule has 1 aliphatic heterocycles. The average Bonchev–Trinajstić information content (AvgIpc) is 2.98. The highest BCUT2D eigenvalue weighted by Gasteiger charge is 2.26. The van der Waals surface area contributed by atoms with Gasteiger partial charge >= 0.3 is 0 Å². The number of amides is 1. The molecule has 1 aliphatic rings. The van der Waals surface area contributed by atoms with Crippen LogP contribution < -0.4 is 10.2 Å². The number of hydrogen-bond acceptors (Lipinski definition) is 4. The van der Waals surface area contributed by atoms with Crippen molar-refractivity contribution in [2.24, 2.45) is 0 Å². The maximum absolute atomic E-state index is 12.7. The topological polar surface area (TPSA) is 58.1 Å². The summed E-state index contributed by atoms with van der Waals surface area (Å²) in [6, 6.07) is 10.1. The standard InChI is InChI=1S/C17H20N4O/c1-3-12(2)20-16-10-14(18-11-19-16)17(22)21-9-8-13-6-4-5-7-15(13)21/h4-7,10-12H,3,8-9H2,1-2H3,(H,18,19,20). The molecule has 2 aromatic rings. The smallest absolute Gasteiger partial charge is 0.277 e. The zero-order valence-corrected chi connectivity index (χ0v) is 12.9. The van der Waals surface area contributed by atoms with Crippen LogP contribution in [0.4, 0.5) is 11.5 Å². The highest BCUT2D eigenvalue weighted by molar-refractivity contribution is 6.06. The lowest BCUT2D eigenvalue weighted by molar-refractivity contribution is 0.0984. The summed E-state index contributed by atoms with van der Waals surface area (Å²) in [4.78, 5) is 22.9. The minimum Gasteiger partial charge on any atom is -0.368 e. The number of carbonyl (C=O) groups excluding carboxylic acids is 1. The van der Waals surface area contributed by atoms with Crippen LogP contribution >= 0.6 is 0 Å². The second kappa shape index (κ2) is 6.13. The second-order valence-electron chi connectivity index (χ2n) is 5.58. The van der Waals surface area contributed by atoms with Gasteiger partial charge in [-0.15, -0.1) is 0 Å². The Bertz CT molecular complexity index is 686. The highest BCUT2D eigenvalue weighted by Crippen LogP contribution is 2.28. The van der Waals surface area contributed by atoms with Crippen LogP contribution in [-0.2, 0) is 6.42 Å². The second-order valence-corrected chi connectivity index (χ2v) is 5.58. The monoisotopic (exact) mass is 296 g/mol. The molecule has 1 atom stereocenters. The lowest BCUT2D eigenvalue weighted by Gasteiger charge is -2.17. The average molecular weight is 296 g/mol. The molecule has 1 aromatic carbocycles. The third-order valence-electron chi connectivity index (χ3n) is 4.03. The summed E-state index contributed by atoms with van der Waals surface area (Å²) >= 11 is 0. The van der Waals surface area contributed by atoms with Crippen LogP contribution in [0.2, 0.25) is 0 Å². The van der Waals surface area contributed by atoms with Crippen LogP contribution in [0.1, 0.15) is 36.3 Å². The SMILES string of the molecule is CCC(C)Nc1cc(C(=O)N2CCc3ccccc32)ncn1. The number of para-hydroxylation sites is 1. The van der Waals surface area contributed by atoms with E-state index in [0.717, 1.165) is 18.5 Å². The van der Waals surface area contributed by atoms with E-state index in [2.05, 4.69) is 35.2 Å². The Hall–Kier alpha value is -2.43. The Morgan fingerprint density at radius 1 is 1.36 bits per heavy atom. The molecule has 0 aliphatic carbocycles. The number of anilines is 2. The van der Waals surface area contributed by atoms with Crippen molar-refractivity contribution in [2.75, 3.05) is 16.8 Å². The Balaban J connectivity index is 1.83. The summed E-state index contributed by atoms with van der Waals surface area (Å²) < 4.78 is 0. The van der Waals surface area contributed by atoms with E-state index in [0.29, 0.717) is 24.1 Å². The van der Waals surface area contributed by atoms with E-state index >= 15 is 0 Å². The Labute approximate surface area is 130 Å². The Morgan fingerprint density at radius 3 is 3.00 bits per heavy atom. The molecule has 5 nitrogen and oxygen atoms in total. The van der Waals surface area contributed by atoms with Gasteiger partial charge in [-0.05, 0) is 31.4 Å². The predicted octanol–water partition coefficient (Wildman–Crippen LogP) is 2.89. The summed E-state index contributed by atoms with van der Waals surface area (Å²) in [5.41, 5.74) is 2.63. The molecule has 0 spiro atoms. The number of carbonyl (C=O) groups is 1. The van der Waals surface area contributed by atoms with Gasteiger partial charge in [-0.2, -0.15) is 0 Å². The van der Waals surface area contributed by atoms with Crippen LogP contribution in [0.5, 0.6) is 0 Å². The van der Waals surface area contributed by atoms with Crippen LogP contribution in [0.15, 0.2) is 36.7 Å². The van der Waals surface area contributed by atoms with Crippen molar-refractivity contribution in [3.63, 3.8) is 0 Å². The minimum absolute atomic E-state index is 0.0699. The van der Waals surface area contributed by atoms with Crippen molar-refractivity contribution in [3.8, 4) is 0 Å². The molecule has 114 valence electrons. The number of hydrogen-bond donors (Lipinski definition) is 1. The maximum Gasteiger partial charge on any atom is 0.277 e. The van der Waals surface area contributed by atoms with Crippen molar-refractivity contribution < 1.29 is 4.79 Å². The van der Waals surface area contributed by atoms with E-state index in [-0.39, 0.29) is 5.91 Å². The van der Waals surface area contributed by atoms with Gasteiger partial charge in [0.15, 0.2) is 0 Å². The predicted molar refractivity (Wildman–Crippen MR) is 87.2 cm³/mol. The van der Waals surface area contributed by atoms with Gasteiger partial charge in [-0.3, -0.25) is 4.79 Å². The number of rotatable bonds is 4. The van der Waals surface area contributed by atoms with Crippen molar-refractivity contribution in [1.29, 1.82) is 0 Å². The molecule has 1 unspecified atom stereocenters. The fourth-order valence-corrected chi connectivity index (χ4v) is 2.60. The van der Waals surface area contributed by atoms with Gasteiger partial charge in [0.2, 0.25) is 0 Å². The minimum atomic E-state index is -0.0699. The largest absolute Gasteiger partial charge is 0.368 e. The Morgan fingerprint density at radius 2 is 2.18 bits per heavy atom. The molecule has 0 radical (unpaired) electrons. The number of nitrogens with zero attached hydrogens (tertiary/aromatic N) is 3. The molecule has 22 heavy (non-hydrogen) atoms. The molecule has 1 amide bonds. The normalized spacial score (nSPS) is 14.5. The summed E-state index contributed by atoms with van der Waals surface area (Å²) in [5, 5.41) is 3.27. The van der Waals surface area contributed by atoms with Crippen molar-refractivity contribution in [3.05, 3.63) is 47.9 Å². The van der Waals surface area contributed by atoms with Crippen molar-refractivity contribution in [2.45, 2.75) is 32.7 Å². The van der Waals surface area contributed by atoms with Crippen LogP contribution in [-0.4, -0.2) is 28.5 Å². The van der Waals surface area contributed by atoms with E-state index in [9.17, 15) is 4.79 Å². The molecule has 0 bridgehead atoms. The van der Waals surface area contributed by atoms with Crippen LogP contribution in [0.3, 0.4) is 0 Å². The molecule has 0 fully saturated rings. The molecule has 3 rings (SSSR count). The highest BCUT2D eigenvalue weighted by atomic mass is 16.2. The van der Waals surface area contributed by atoms with E-state index in [1.807, 2.05) is 18.2 Å². The first-order chi connectivity index (χ1) is 10.7. The molecule has 2 heterocycles. The van der Waals surface area contributed by atoms with Crippen molar-refractivity contribution in [1.82, 2.24) is 9.97 Å². The summed E-state index contributed by atoms with van der Waals surface area (Å²) in [6.45, 7) is 4.89.